The second-order valence-corrected chi connectivity index (χ2v) is 28.0. The number of nitrogens with one attached hydrogen (secondary N) is 3. The van der Waals surface area contributed by atoms with E-state index in [1.54, 1.807) is 6.92 Å². The molecule has 3 amide bonds. The lowest BCUT2D eigenvalue weighted by Gasteiger charge is -2.21. The van der Waals surface area contributed by atoms with E-state index in [-0.39, 0.29) is 30.6 Å². The third kappa shape index (κ3) is 32.1. The molecule has 1 fully saturated rings. The predicted molar refractivity (Wildman–Crippen MR) is 370 cm³/mol. The first-order chi connectivity index (χ1) is 43.3. The number of unbranched alkanes of at least 4 members (excludes halogenated alkanes) is 38. The van der Waals surface area contributed by atoms with Gasteiger partial charge in [0, 0.05) is 23.5 Å². The van der Waals surface area contributed by atoms with Gasteiger partial charge in [-0.25, -0.2) is 9.59 Å². The molecule has 0 radical (unpaired) electrons. The number of alkyl carbamates (subject to hydrolysis) is 1. The first kappa shape index (κ1) is 74.4. The quantitative estimate of drug-likeness (QED) is 0.0284. The van der Waals surface area contributed by atoms with Crippen LogP contribution in [0.5, 0.6) is 11.5 Å². The van der Waals surface area contributed by atoms with Crippen LogP contribution in [0.25, 0.3) is 11.1 Å². The highest BCUT2D eigenvalue weighted by molar-refractivity contribution is 8.76. The normalized spacial score (nSPS) is 16.1. The van der Waals surface area contributed by atoms with Crippen molar-refractivity contribution in [3.63, 3.8) is 0 Å². The van der Waals surface area contributed by atoms with E-state index in [2.05, 4.69) is 54.1 Å². The lowest BCUT2D eigenvalue weighted by molar-refractivity contribution is -0.148. The molecule has 0 saturated carbocycles. The van der Waals surface area contributed by atoms with Crippen LogP contribution in [0.15, 0.2) is 66.7 Å². The van der Waals surface area contributed by atoms with Crippen LogP contribution in [-0.2, 0) is 30.5 Å². The molecule has 88 heavy (non-hydrogen) atoms. The van der Waals surface area contributed by atoms with Crippen molar-refractivity contribution in [1.29, 1.82) is 0 Å². The van der Waals surface area contributed by atoms with Crippen LogP contribution in [0.4, 0.5) is 4.79 Å². The van der Waals surface area contributed by atoms with Crippen LogP contribution in [0.2, 0.25) is 0 Å². The van der Waals surface area contributed by atoms with Gasteiger partial charge < -0.3 is 34.9 Å². The van der Waals surface area contributed by atoms with Crippen LogP contribution in [0.3, 0.4) is 0 Å². The summed E-state index contributed by atoms with van der Waals surface area (Å²) in [6, 6.07) is 19.0. The molecular formula is C75H119N3O8S2. The van der Waals surface area contributed by atoms with Crippen LogP contribution in [0.1, 0.15) is 300 Å². The number of ether oxygens (including phenoxy) is 4. The maximum atomic E-state index is 13.8. The number of hydrogen-bond donors (Lipinski definition) is 3. The van der Waals surface area contributed by atoms with Crippen molar-refractivity contribution in [3.05, 3.63) is 83.4 Å². The maximum Gasteiger partial charge on any atom is 0.407 e. The number of carbonyl (C=O) groups excluding carboxylic acids is 4. The third-order valence-corrected chi connectivity index (χ3v) is 20.1. The molecule has 1 aliphatic carbocycles. The fraction of sp³-hybridized carbons (Fsp3) is 0.707. The molecule has 3 atom stereocenters. The maximum absolute atomic E-state index is 13.8. The second kappa shape index (κ2) is 48.4. The van der Waals surface area contributed by atoms with Crippen molar-refractivity contribution in [2.24, 2.45) is 0 Å². The van der Waals surface area contributed by atoms with Crippen molar-refractivity contribution >= 4 is 45.5 Å². The molecule has 0 bridgehead atoms. The van der Waals surface area contributed by atoms with E-state index in [1.165, 1.54) is 253 Å². The summed E-state index contributed by atoms with van der Waals surface area (Å²) in [5, 5.41) is 8.25. The van der Waals surface area contributed by atoms with Gasteiger partial charge in [0.25, 0.3) is 0 Å². The Morgan fingerprint density at radius 1 is 0.466 bits per heavy atom. The van der Waals surface area contributed by atoms with Gasteiger partial charge in [-0.05, 0) is 59.7 Å². The minimum absolute atomic E-state index is 0.0341. The van der Waals surface area contributed by atoms with E-state index in [9.17, 15) is 19.2 Å². The Morgan fingerprint density at radius 3 is 1.25 bits per heavy atom. The molecule has 13 heteroatoms. The van der Waals surface area contributed by atoms with Crippen LogP contribution >= 0.6 is 21.6 Å². The Kier molecular flexibility index (Phi) is 40.9. The molecule has 5 rings (SSSR count). The largest absolute Gasteiger partial charge is 0.493 e. The molecule has 11 nitrogen and oxygen atoms in total. The standard InChI is InChI=1S/C75H119N3O8S2/c1-4-6-8-10-12-14-16-18-20-22-24-26-28-30-32-34-36-38-40-46-52-83-63-54-62(55-64(56-63)84-53-47-41-39-37-35-33-31-29-27-25-23-21-19-17-15-13-11-9-7-5-2)57-85-74(81)71-60-88-87-59-70(73(80)76-61(3)72(79)77-71)78-75(82)86-58-69-67-50-44-42-48-65(67)66-49-43-45-51-68(66)69/h42-45,48-51,54-56,61,69-71H,4-41,46-47,52-53,57-60H2,1-3H3,(H,76,80)(H,77,79)(H,78,82)/t61-,70-,71?/m0/s1. The summed E-state index contributed by atoms with van der Waals surface area (Å²) in [7, 11) is 2.64. The summed E-state index contributed by atoms with van der Waals surface area (Å²) in [6.45, 7) is 7.39. The van der Waals surface area contributed by atoms with E-state index in [0.29, 0.717) is 24.7 Å². The molecule has 3 aromatic rings. The highest BCUT2D eigenvalue weighted by atomic mass is 33.1. The minimum atomic E-state index is -0.992. The number of esters is 1. The Balaban J connectivity index is 1.01. The lowest BCUT2D eigenvalue weighted by atomic mass is 9.98. The Morgan fingerprint density at radius 2 is 0.841 bits per heavy atom. The fourth-order valence-corrected chi connectivity index (χ4v) is 14.6. The van der Waals surface area contributed by atoms with Crippen molar-refractivity contribution < 1.29 is 38.1 Å². The first-order valence-electron chi connectivity index (χ1n) is 35.8. The molecular weight excluding hydrogens is 1130 g/mol. The Bertz CT molecular complexity index is 2220. The van der Waals surface area contributed by atoms with Gasteiger partial charge in [-0.3, -0.25) is 9.59 Å². The minimum Gasteiger partial charge on any atom is -0.493 e. The van der Waals surface area contributed by atoms with Gasteiger partial charge in [0.05, 0.1) is 13.2 Å². The van der Waals surface area contributed by atoms with E-state index in [4.69, 9.17) is 18.9 Å². The second-order valence-electron chi connectivity index (χ2n) is 25.4. The van der Waals surface area contributed by atoms with Gasteiger partial charge in [0.15, 0.2) is 0 Å². The number of amides is 3. The summed E-state index contributed by atoms with van der Waals surface area (Å²) >= 11 is 0. The van der Waals surface area contributed by atoms with Gasteiger partial charge in [0.1, 0.15) is 42.8 Å². The number of fused-ring (bicyclic) bond motifs is 3. The van der Waals surface area contributed by atoms with E-state index >= 15 is 0 Å². The Hall–Kier alpha value is -4.36. The molecule has 0 spiro atoms. The van der Waals surface area contributed by atoms with E-state index in [1.807, 2.05) is 42.5 Å². The zero-order valence-corrected chi connectivity index (χ0v) is 56.9. The highest BCUT2D eigenvalue weighted by Gasteiger charge is 2.32. The molecule has 2 aliphatic rings. The zero-order valence-electron chi connectivity index (χ0n) is 55.3. The van der Waals surface area contributed by atoms with E-state index < -0.39 is 42.0 Å². The smallest absolute Gasteiger partial charge is 0.407 e. The summed E-state index contributed by atoms with van der Waals surface area (Å²) in [5.74, 6) is -0.0526. The highest BCUT2D eigenvalue weighted by Crippen LogP contribution is 2.44. The SMILES string of the molecule is CCCCCCCCCCCCCCCCCCCCCCOc1cc(COC(=O)C2CSSC[C@H](NC(=O)OCC3c4ccccc4-c4ccccc43)C(=O)N[C@@H](C)C(=O)N2)cc(OCCCCCCCCCCCCCCCCCCCCCC)c1. The third-order valence-electron chi connectivity index (χ3n) is 17.7. The number of hydrogen-bond acceptors (Lipinski definition) is 10. The van der Waals surface area contributed by atoms with Crippen LogP contribution in [0, 0.1) is 0 Å². The van der Waals surface area contributed by atoms with Gasteiger partial charge in [-0.1, -0.05) is 328 Å². The zero-order chi connectivity index (χ0) is 62.3. The number of benzene rings is 3. The average Bonchev–Trinajstić information content (AvgIpc) is 1.75. The van der Waals surface area contributed by atoms with Crippen molar-refractivity contribution in [2.75, 3.05) is 31.3 Å². The summed E-state index contributed by atoms with van der Waals surface area (Å²) < 4.78 is 24.4. The van der Waals surface area contributed by atoms with Crippen molar-refractivity contribution in [1.82, 2.24) is 16.0 Å². The number of carbonyl (C=O) groups is 4. The van der Waals surface area contributed by atoms with Crippen LogP contribution in [-0.4, -0.2) is 73.3 Å². The van der Waals surface area contributed by atoms with Gasteiger partial charge >= 0.3 is 12.1 Å². The molecule has 494 valence electrons. The topological polar surface area (TPSA) is 141 Å². The van der Waals surface area contributed by atoms with E-state index in [0.717, 1.165) is 53.5 Å². The summed E-state index contributed by atoms with van der Waals surface area (Å²) in [6.07, 6.45) is 53.0. The van der Waals surface area contributed by atoms with Crippen LogP contribution < -0.4 is 25.4 Å². The molecule has 1 aliphatic heterocycles. The van der Waals surface area contributed by atoms with Gasteiger partial charge in [-0.2, -0.15) is 0 Å². The van der Waals surface area contributed by atoms with Crippen molar-refractivity contribution in [3.8, 4) is 22.6 Å². The Labute approximate surface area is 542 Å². The van der Waals surface area contributed by atoms with Gasteiger partial charge in [0.2, 0.25) is 11.8 Å². The summed E-state index contributed by atoms with van der Waals surface area (Å²) in [4.78, 5) is 54.1. The first-order valence-corrected chi connectivity index (χ1v) is 38.3. The lowest BCUT2D eigenvalue weighted by Crippen LogP contribution is -2.55. The molecule has 1 unspecified atom stereocenters. The predicted octanol–water partition coefficient (Wildman–Crippen LogP) is 20.4. The monoisotopic (exact) mass is 1250 g/mol. The van der Waals surface area contributed by atoms with Gasteiger partial charge in [-0.15, -0.1) is 0 Å². The molecule has 1 saturated heterocycles. The van der Waals surface area contributed by atoms with Crippen molar-refractivity contribution in [2.45, 2.75) is 308 Å². The number of rotatable bonds is 50. The fourth-order valence-electron chi connectivity index (χ4n) is 12.3. The summed E-state index contributed by atoms with van der Waals surface area (Å²) in [5.41, 5.74) is 5.15. The molecule has 0 aromatic heterocycles. The molecule has 3 N–H and O–H groups in total. The average molecular weight is 1250 g/mol. The molecule has 1 heterocycles. The molecule has 3 aromatic carbocycles.